The maximum Gasteiger partial charge on any atom is 0.220 e. The molecule has 0 aliphatic heterocycles. The van der Waals surface area contributed by atoms with Crippen LogP contribution in [0.2, 0.25) is 0 Å². The van der Waals surface area contributed by atoms with Crippen molar-refractivity contribution in [2.24, 2.45) is 0 Å². The van der Waals surface area contributed by atoms with Gasteiger partial charge in [-0.2, -0.15) is 0 Å². The highest BCUT2D eigenvalue weighted by Gasteiger charge is 1.97. The van der Waals surface area contributed by atoms with Gasteiger partial charge in [-0.3, -0.25) is 4.79 Å². The van der Waals surface area contributed by atoms with E-state index in [1.165, 1.54) is 0 Å². The first-order valence-corrected chi connectivity index (χ1v) is 5.15. The molecule has 0 radical (unpaired) electrons. The molecule has 0 aromatic heterocycles. The molecule has 0 aliphatic carbocycles. The Hall–Kier alpha value is -0.570. The first kappa shape index (κ1) is 12.4. The molecule has 0 unspecified atom stereocenters. The zero-order valence-electron chi connectivity index (χ0n) is 8.77. The van der Waals surface area contributed by atoms with E-state index in [-0.39, 0.29) is 5.91 Å². The summed E-state index contributed by atoms with van der Waals surface area (Å²) in [5, 5.41) is 2.81. The van der Waals surface area contributed by atoms with Gasteiger partial charge in [0, 0.05) is 19.6 Å². The zero-order valence-corrected chi connectivity index (χ0v) is 8.77. The van der Waals surface area contributed by atoms with Crippen molar-refractivity contribution in [2.75, 3.05) is 19.8 Å². The number of hydrogen-bond donors (Lipinski definition) is 1. The smallest absolute Gasteiger partial charge is 0.220 e. The van der Waals surface area contributed by atoms with E-state index in [1.54, 1.807) is 0 Å². The Morgan fingerprint density at radius 3 is 2.62 bits per heavy atom. The highest BCUT2D eigenvalue weighted by Crippen LogP contribution is 1.92. The minimum absolute atomic E-state index is 0.141. The van der Waals surface area contributed by atoms with E-state index in [0.29, 0.717) is 19.6 Å². The van der Waals surface area contributed by atoms with Crippen LogP contribution in [0, 0.1) is 0 Å². The van der Waals surface area contributed by atoms with E-state index in [4.69, 9.17) is 4.74 Å². The van der Waals surface area contributed by atoms with Crippen LogP contribution in [0.25, 0.3) is 0 Å². The first-order chi connectivity index (χ1) is 6.31. The molecular formula is C10H21NO2. The maximum absolute atomic E-state index is 11.1. The summed E-state index contributed by atoms with van der Waals surface area (Å²) in [7, 11) is 0. The third-order valence-corrected chi connectivity index (χ3v) is 1.67. The van der Waals surface area contributed by atoms with Crippen molar-refractivity contribution in [3.8, 4) is 0 Å². The van der Waals surface area contributed by atoms with Crippen molar-refractivity contribution in [1.29, 1.82) is 0 Å². The fourth-order valence-corrected chi connectivity index (χ4v) is 0.935. The van der Waals surface area contributed by atoms with Crippen molar-refractivity contribution in [2.45, 2.75) is 39.5 Å². The van der Waals surface area contributed by atoms with Gasteiger partial charge in [-0.25, -0.2) is 0 Å². The molecule has 0 aromatic rings. The molecule has 0 saturated carbocycles. The number of unbranched alkanes of at least 4 members (excludes halogenated alkanes) is 1. The van der Waals surface area contributed by atoms with Gasteiger partial charge in [-0.1, -0.05) is 20.3 Å². The summed E-state index contributed by atoms with van der Waals surface area (Å²) >= 11 is 0. The second kappa shape index (κ2) is 9.52. The van der Waals surface area contributed by atoms with Gasteiger partial charge in [0.2, 0.25) is 5.91 Å². The summed E-state index contributed by atoms with van der Waals surface area (Å²) in [5.41, 5.74) is 0. The molecule has 13 heavy (non-hydrogen) atoms. The molecule has 1 amide bonds. The number of nitrogens with one attached hydrogen (secondary N) is 1. The molecular weight excluding hydrogens is 166 g/mol. The summed E-state index contributed by atoms with van der Waals surface area (Å²) in [4.78, 5) is 11.1. The number of ether oxygens (including phenoxy) is 1. The molecule has 0 aromatic carbocycles. The molecule has 0 atom stereocenters. The van der Waals surface area contributed by atoms with E-state index < -0.39 is 0 Å². The van der Waals surface area contributed by atoms with Crippen LogP contribution in [0.4, 0.5) is 0 Å². The molecule has 1 N–H and O–H groups in total. The number of rotatable bonds is 8. The predicted molar refractivity (Wildman–Crippen MR) is 53.6 cm³/mol. The second-order valence-electron chi connectivity index (χ2n) is 3.07. The number of amides is 1. The third kappa shape index (κ3) is 9.34. The summed E-state index contributed by atoms with van der Waals surface area (Å²) in [5.74, 6) is 0.141. The van der Waals surface area contributed by atoms with Crippen LogP contribution in [0.5, 0.6) is 0 Å². The van der Waals surface area contributed by atoms with Crippen LogP contribution in [0.1, 0.15) is 39.5 Å². The molecule has 78 valence electrons. The van der Waals surface area contributed by atoms with E-state index >= 15 is 0 Å². The van der Waals surface area contributed by atoms with Crippen LogP contribution < -0.4 is 5.32 Å². The van der Waals surface area contributed by atoms with Crippen LogP contribution in [-0.2, 0) is 9.53 Å². The molecule has 0 heterocycles. The summed E-state index contributed by atoms with van der Waals surface area (Å²) in [6.45, 7) is 6.20. The minimum Gasteiger partial charge on any atom is -0.380 e. The Morgan fingerprint density at radius 2 is 2.00 bits per heavy atom. The van der Waals surface area contributed by atoms with Crippen LogP contribution in [0.3, 0.4) is 0 Å². The van der Waals surface area contributed by atoms with Crippen LogP contribution >= 0.6 is 0 Å². The Bertz CT molecular complexity index is 126. The van der Waals surface area contributed by atoms with Crippen molar-refractivity contribution >= 4 is 5.91 Å². The largest absolute Gasteiger partial charge is 0.380 e. The molecule has 3 nitrogen and oxygen atoms in total. The lowest BCUT2D eigenvalue weighted by molar-refractivity contribution is -0.121. The maximum atomic E-state index is 11.1. The third-order valence-electron chi connectivity index (χ3n) is 1.67. The molecule has 0 spiro atoms. The average Bonchev–Trinajstić information content (AvgIpc) is 2.14. The lowest BCUT2D eigenvalue weighted by atomic mass is 10.2. The highest BCUT2D eigenvalue weighted by molar-refractivity contribution is 5.75. The second-order valence-corrected chi connectivity index (χ2v) is 3.07. The van der Waals surface area contributed by atoms with Crippen LogP contribution in [-0.4, -0.2) is 25.7 Å². The Morgan fingerprint density at radius 1 is 1.23 bits per heavy atom. The lowest BCUT2D eigenvalue weighted by Crippen LogP contribution is -2.26. The Kier molecular flexibility index (Phi) is 9.10. The van der Waals surface area contributed by atoms with E-state index in [9.17, 15) is 4.79 Å². The van der Waals surface area contributed by atoms with Crippen molar-refractivity contribution in [3.05, 3.63) is 0 Å². The van der Waals surface area contributed by atoms with Gasteiger partial charge in [0.25, 0.3) is 0 Å². The van der Waals surface area contributed by atoms with Crippen molar-refractivity contribution in [3.63, 3.8) is 0 Å². The summed E-state index contributed by atoms with van der Waals surface area (Å²) < 4.78 is 5.22. The fourth-order valence-electron chi connectivity index (χ4n) is 0.935. The van der Waals surface area contributed by atoms with Gasteiger partial charge in [-0.05, 0) is 12.8 Å². The normalized spacial score (nSPS) is 10.0. The Balaban J connectivity index is 3.08. The quantitative estimate of drug-likeness (QED) is 0.588. The van der Waals surface area contributed by atoms with Gasteiger partial charge < -0.3 is 10.1 Å². The molecule has 0 aliphatic rings. The van der Waals surface area contributed by atoms with Gasteiger partial charge >= 0.3 is 0 Å². The van der Waals surface area contributed by atoms with Gasteiger partial charge in [0.15, 0.2) is 0 Å². The van der Waals surface area contributed by atoms with Gasteiger partial charge in [-0.15, -0.1) is 0 Å². The first-order valence-electron chi connectivity index (χ1n) is 5.15. The van der Waals surface area contributed by atoms with Crippen molar-refractivity contribution in [1.82, 2.24) is 5.32 Å². The van der Waals surface area contributed by atoms with E-state index in [2.05, 4.69) is 19.2 Å². The molecule has 0 fully saturated rings. The topological polar surface area (TPSA) is 38.3 Å². The molecule has 0 rings (SSSR count). The number of carbonyl (C=O) groups is 1. The van der Waals surface area contributed by atoms with E-state index in [0.717, 1.165) is 25.9 Å². The number of hydrogen-bond acceptors (Lipinski definition) is 2. The van der Waals surface area contributed by atoms with Crippen molar-refractivity contribution < 1.29 is 9.53 Å². The summed E-state index contributed by atoms with van der Waals surface area (Å²) in [6, 6.07) is 0. The Labute approximate surface area is 80.8 Å². The zero-order chi connectivity index (χ0) is 9.94. The van der Waals surface area contributed by atoms with Gasteiger partial charge in [0.1, 0.15) is 0 Å². The predicted octanol–water partition coefficient (Wildman–Crippen LogP) is 1.72. The molecule has 0 bridgehead atoms. The standard InChI is InChI=1S/C10H21NO2/c1-3-5-6-10(12)11-7-9-13-8-4-2/h3-9H2,1-2H3,(H,11,12). The monoisotopic (exact) mass is 187 g/mol. The number of carbonyl (C=O) groups excluding carboxylic acids is 1. The van der Waals surface area contributed by atoms with Gasteiger partial charge in [0.05, 0.1) is 6.61 Å². The minimum atomic E-state index is 0.141. The SMILES string of the molecule is CCCCC(=O)NCCOCCC. The fraction of sp³-hybridized carbons (Fsp3) is 0.900. The van der Waals surface area contributed by atoms with Crippen LogP contribution in [0.15, 0.2) is 0 Å². The van der Waals surface area contributed by atoms with E-state index in [1.807, 2.05) is 0 Å². The lowest BCUT2D eigenvalue weighted by Gasteiger charge is -2.04. The highest BCUT2D eigenvalue weighted by atomic mass is 16.5. The molecule has 3 heteroatoms. The average molecular weight is 187 g/mol. The summed E-state index contributed by atoms with van der Waals surface area (Å²) in [6.07, 6.45) is 3.72. The molecule has 0 saturated heterocycles.